The third kappa shape index (κ3) is 4.08. The van der Waals surface area contributed by atoms with E-state index < -0.39 is 0 Å². The Labute approximate surface area is 160 Å². The summed E-state index contributed by atoms with van der Waals surface area (Å²) >= 11 is 0. The molecule has 0 bridgehead atoms. The summed E-state index contributed by atoms with van der Waals surface area (Å²) in [4.78, 5) is 0. The van der Waals surface area contributed by atoms with Gasteiger partial charge in [0.1, 0.15) is 11.3 Å². The first-order valence-corrected chi connectivity index (χ1v) is 9.81. The number of nitrogens with two attached hydrogens (primary N) is 1. The summed E-state index contributed by atoms with van der Waals surface area (Å²) in [6.45, 7) is 2.68. The van der Waals surface area contributed by atoms with Gasteiger partial charge >= 0.3 is 0 Å². The first-order valence-electron chi connectivity index (χ1n) is 9.81. The molecule has 0 spiro atoms. The molecular formula is C23H27NO3. The maximum atomic E-state index is 6.18. The number of rotatable bonds is 6. The standard InChI is InChI=1S/C23H27NO3/c1-16-20(24)13-14-22(26-16)25-15-7-11-19-18-10-5-6-12-21(18)27-23(19)17-8-3-2-4-9-17/h2-6,8-10,12,16,20,22H,7,11,13-15,24H2,1H3/t16-,20-,22+/m0/s1. The van der Waals surface area contributed by atoms with Crippen molar-refractivity contribution in [1.82, 2.24) is 0 Å². The van der Waals surface area contributed by atoms with Crippen LogP contribution in [-0.2, 0) is 15.9 Å². The Morgan fingerprint density at radius 2 is 1.81 bits per heavy atom. The smallest absolute Gasteiger partial charge is 0.158 e. The van der Waals surface area contributed by atoms with Crippen molar-refractivity contribution in [2.24, 2.45) is 5.73 Å². The minimum Gasteiger partial charge on any atom is -0.456 e. The number of hydrogen-bond acceptors (Lipinski definition) is 4. The Hall–Kier alpha value is -2.14. The molecule has 1 aliphatic heterocycles. The van der Waals surface area contributed by atoms with E-state index in [2.05, 4.69) is 24.3 Å². The van der Waals surface area contributed by atoms with E-state index in [0.29, 0.717) is 6.61 Å². The largest absolute Gasteiger partial charge is 0.456 e. The van der Waals surface area contributed by atoms with E-state index in [-0.39, 0.29) is 18.4 Å². The number of para-hydroxylation sites is 1. The zero-order valence-corrected chi connectivity index (χ0v) is 15.8. The molecule has 1 aliphatic rings. The van der Waals surface area contributed by atoms with Crippen molar-refractivity contribution in [3.63, 3.8) is 0 Å². The van der Waals surface area contributed by atoms with Gasteiger partial charge in [0.25, 0.3) is 0 Å². The summed E-state index contributed by atoms with van der Waals surface area (Å²) in [7, 11) is 0. The van der Waals surface area contributed by atoms with Crippen LogP contribution in [0, 0.1) is 0 Å². The molecule has 1 aromatic heterocycles. The van der Waals surface area contributed by atoms with Gasteiger partial charge in [0.15, 0.2) is 6.29 Å². The highest BCUT2D eigenvalue weighted by Gasteiger charge is 2.25. The Bertz CT molecular complexity index is 874. The van der Waals surface area contributed by atoms with Crippen LogP contribution in [0.25, 0.3) is 22.3 Å². The van der Waals surface area contributed by atoms with Gasteiger partial charge in [-0.3, -0.25) is 0 Å². The van der Waals surface area contributed by atoms with Crippen molar-refractivity contribution in [2.45, 2.75) is 51.0 Å². The second-order valence-electron chi connectivity index (χ2n) is 7.26. The van der Waals surface area contributed by atoms with Crippen molar-refractivity contribution in [2.75, 3.05) is 6.61 Å². The molecule has 0 unspecified atom stereocenters. The molecular weight excluding hydrogens is 338 g/mol. The van der Waals surface area contributed by atoms with Crippen LogP contribution in [0.3, 0.4) is 0 Å². The van der Waals surface area contributed by atoms with Crippen molar-refractivity contribution >= 4 is 11.0 Å². The zero-order valence-electron chi connectivity index (χ0n) is 15.8. The average Bonchev–Trinajstić information content (AvgIpc) is 3.07. The molecule has 3 atom stereocenters. The van der Waals surface area contributed by atoms with Crippen LogP contribution < -0.4 is 5.73 Å². The summed E-state index contributed by atoms with van der Waals surface area (Å²) in [5.41, 5.74) is 9.29. The molecule has 4 heteroatoms. The normalized spacial score (nSPS) is 23.0. The summed E-state index contributed by atoms with van der Waals surface area (Å²) < 4.78 is 18.0. The summed E-state index contributed by atoms with van der Waals surface area (Å²) in [5, 5.41) is 1.19. The van der Waals surface area contributed by atoms with Crippen LogP contribution in [0.4, 0.5) is 0 Å². The molecule has 1 fully saturated rings. The van der Waals surface area contributed by atoms with Crippen molar-refractivity contribution < 1.29 is 13.9 Å². The number of hydrogen-bond donors (Lipinski definition) is 1. The number of fused-ring (bicyclic) bond motifs is 1. The monoisotopic (exact) mass is 365 g/mol. The minimum atomic E-state index is -0.130. The highest BCUT2D eigenvalue weighted by molar-refractivity contribution is 5.87. The second-order valence-corrected chi connectivity index (χ2v) is 7.26. The molecule has 0 saturated carbocycles. The van der Waals surface area contributed by atoms with Crippen LogP contribution >= 0.6 is 0 Å². The van der Waals surface area contributed by atoms with Gasteiger partial charge in [0, 0.05) is 22.6 Å². The first-order chi connectivity index (χ1) is 13.2. The van der Waals surface area contributed by atoms with E-state index in [0.717, 1.165) is 42.6 Å². The molecule has 4 rings (SSSR count). The van der Waals surface area contributed by atoms with E-state index in [1.807, 2.05) is 37.3 Å². The molecule has 2 heterocycles. The van der Waals surface area contributed by atoms with Gasteiger partial charge in [-0.25, -0.2) is 0 Å². The predicted octanol–water partition coefficient (Wildman–Crippen LogP) is 4.90. The zero-order chi connectivity index (χ0) is 18.6. The quantitative estimate of drug-likeness (QED) is 0.631. The van der Waals surface area contributed by atoms with Crippen molar-refractivity contribution in [3.8, 4) is 11.3 Å². The van der Waals surface area contributed by atoms with Crippen LogP contribution in [0.1, 0.15) is 31.7 Å². The van der Waals surface area contributed by atoms with Gasteiger partial charge in [-0.05, 0) is 38.7 Å². The molecule has 27 heavy (non-hydrogen) atoms. The highest BCUT2D eigenvalue weighted by Crippen LogP contribution is 2.34. The molecule has 0 aliphatic carbocycles. The molecule has 142 valence electrons. The maximum Gasteiger partial charge on any atom is 0.158 e. The van der Waals surface area contributed by atoms with E-state index in [1.54, 1.807) is 0 Å². The van der Waals surface area contributed by atoms with Gasteiger partial charge in [0.2, 0.25) is 0 Å². The predicted molar refractivity (Wildman–Crippen MR) is 107 cm³/mol. The minimum absolute atomic E-state index is 0.0613. The van der Waals surface area contributed by atoms with Crippen LogP contribution in [0.2, 0.25) is 0 Å². The van der Waals surface area contributed by atoms with Gasteiger partial charge in [-0.2, -0.15) is 0 Å². The summed E-state index contributed by atoms with van der Waals surface area (Å²) in [6, 6.07) is 18.7. The third-order valence-corrected chi connectivity index (χ3v) is 5.31. The fraction of sp³-hybridized carbons (Fsp3) is 0.391. The fourth-order valence-corrected chi connectivity index (χ4v) is 3.73. The molecule has 3 aromatic rings. The Kier molecular flexibility index (Phi) is 5.58. The van der Waals surface area contributed by atoms with E-state index >= 15 is 0 Å². The van der Waals surface area contributed by atoms with Gasteiger partial charge in [-0.1, -0.05) is 48.5 Å². The lowest BCUT2D eigenvalue weighted by Crippen LogP contribution is -2.43. The molecule has 4 nitrogen and oxygen atoms in total. The number of furan rings is 1. The second kappa shape index (κ2) is 8.26. The Morgan fingerprint density at radius 1 is 1.04 bits per heavy atom. The molecule has 1 saturated heterocycles. The maximum absolute atomic E-state index is 6.18. The summed E-state index contributed by atoms with van der Waals surface area (Å²) in [5.74, 6) is 0.963. The van der Waals surface area contributed by atoms with Crippen LogP contribution in [0.15, 0.2) is 59.0 Å². The number of aryl methyl sites for hydroxylation is 1. The van der Waals surface area contributed by atoms with Crippen molar-refractivity contribution in [1.29, 1.82) is 0 Å². The van der Waals surface area contributed by atoms with Crippen molar-refractivity contribution in [3.05, 3.63) is 60.2 Å². The lowest BCUT2D eigenvalue weighted by molar-refractivity contribution is -0.194. The molecule has 0 amide bonds. The topological polar surface area (TPSA) is 57.6 Å². The number of ether oxygens (including phenoxy) is 2. The highest BCUT2D eigenvalue weighted by atomic mass is 16.7. The fourth-order valence-electron chi connectivity index (χ4n) is 3.73. The SMILES string of the molecule is C[C@@H]1O[C@@H](OCCCc2c(-c3ccccc3)oc3ccccc23)CC[C@@H]1N. The molecule has 0 radical (unpaired) electrons. The first kappa shape index (κ1) is 18.2. The Balaban J connectivity index is 1.44. The van der Waals surface area contributed by atoms with E-state index in [4.69, 9.17) is 19.6 Å². The third-order valence-electron chi connectivity index (χ3n) is 5.31. The lowest BCUT2D eigenvalue weighted by atomic mass is 10.0. The molecule has 2 N–H and O–H groups in total. The van der Waals surface area contributed by atoms with Crippen LogP contribution in [0.5, 0.6) is 0 Å². The molecule has 2 aromatic carbocycles. The van der Waals surface area contributed by atoms with Gasteiger partial charge < -0.3 is 19.6 Å². The van der Waals surface area contributed by atoms with E-state index in [1.165, 1.54) is 10.9 Å². The summed E-state index contributed by atoms with van der Waals surface area (Å²) in [6.07, 6.45) is 3.58. The van der Waals surface area contributed by atoms with Crippen LogP contribution in [-0.4, -0.2) is 25.0 Å². The van der Waals surface area contributed by atoms with Gasteiger partial charge in [0.05, 0.1) is 12.7 Å². The van der Waals surface area contributed by atoms with E-state index in [9.17, 15) is 0 Å². The van der Waals surface area contributed by atoms with Gasteiger partial charge in [-0.15, -0.1) is 0 Å². The Morgan fingerprint density at radius 3 is 2.63 bits per heavy atom. The lowest BCUT2D eigenvalue weighted by Gasteiger charge is -2.32. The average molecular weight is 365 g/mol. The number of benzene rings is 2.